The maximum absolute atomic E-state index is 10.7. The van der Waals surface area contributed by atoms with Gasteiger partial charge in [-0.15, -0.1) is 0 Å². The van der Waals surface area contributed by atoms with Crippen LogP contribution in [-0.4, -0.2) is 16.2 Å². The number of aromatic hydroxyl groups is 1. The Kier molecular flexibility index (Phi) is 4.13. The summed E-state index contributed by atoms with van der Waals surface area (Å²) in [6.45, 7) is 5.76. The van der Waals surface area contributed by atoms with Gasteiger partial charge in [-0.05, 0) is 30.7 Å². The van der Waals surface area contributed by atoms with Crippen LogP contribution < -0.4 is 0 Å². The van der Waals surface area contributed by atoms with Crippen LogP contribution in [0.4, 0.5) is 11.4 Å². The number of hydrogen-bond donors (Lipinski definition) is 1. The van der Waals surface area contributed by atoms with Crippen molar-refractivity contribution in [2.45, 2.75) is 6.92 Å². The second kappa shape index (κ2) is 6.00. The lowest BCUT2D eigenvalue weighted by Crippen LogP contribution is -1.90. The van der Waals surface area contributed by atoms with Crippen molar-refractivity contribution < 1.29 is 10.0 Å². The molecule has 5 nitrogen and oxygen atoms in total. The molecule has 1 N–H and O–H groups in total. The van der Waals surface area contributed by atoms with E-state index in [1.165, 1.54) is 24.4 Å². The topological polar surface area (TPSA) is 75.7 Å². The Labute approximate surface area is 122 Å². The lowest BCUT2D eigenvalue weighted by atomic mass is 10.1. The van der Waals surface area contributed by atoms with Gasteiger partial charge in [0.05, 0.1) is 10.6 Å². The number of non-ortho nitro benzene ring substituents is 1. The molecule has 2 aromatic rings. The maximum atomic E-state index is 10.7. The minimum atomic E-state index is -0.515. The molecule has 0 aromatic heterocycles. The third kappa shape index (κ3) is 3.54. The van der Waals surface area contributed by atoms with Crippen LogP contribution in [0.1, 0.15) is 18.1 Å². The van der Waals surface area contributed by atoms with Gasteiger partial charge < -0.3 is 5.11 Å². The number of nitro groups is 1. The molecule has 0 amide bonds. The highest BCUT2D eigenvalue weighted by Crippen LogP contribution is 2.23. The smallest absolute Gasteiger partial charge is 0.270 e. The van der Waals surface area contributed by atoms with Gasteiger partial charge in [0.25, 0.3) is 5.69 Å². The van der Waals surface area contributed by atoms with Crippen molar-refractivity contribution in [3.05, 3.63) is 70.3 Å². The van der Waals surface area contributed by atoms with Crippen molar-refractivity contribution in [1.29, 1.82) is 0 Å². The summed E-state index contributed by atoms with van der Waals surface area (Å²) in [5, 5.41) is 20.4. The van der Waals surface area contributed by atoms with Crippen molar-refractivity contribution in [3.63, 3.8) is 0 Å². The molecule has 0 unspecified atom stereocenters. The van der Waals surface area contributed by atoms with Crippen molar-refractivity contribution in [1.82, 2.24) is 0 Å². The summed E-state index contributed by atoms with van der Waals surface area (Å²) in [5.74, 6) is -0.0552. The van der Waals surface area contributed by atoms with E-state index in [4.69, 9.17) is 0 Å². The normalized spacial score (nSPS) is 10.7. The van der Waals surface area contributed by atoms with E-state index in [1.807, 2.05) is 25.1 Å². The molecule has 0 aliphatic carbocycles. The van der Waals surface area contributed by atoms with Gasteiger partial charge in [0.15, 0.2) is 0 Å². The summed E-state index contributed by atoms with van der Waals surface area (Å²) >= 11 is 0. The number of phenols is 1. The summed E-state index contributed by atoms with van der Waals surface area (Å²) in [6, 6.07) is 11.2. The van der Waals surface area contributed by atoms with E-state index >= 15 is 0 Å². The zero-order chi connectivity index (χ0) is 15.4. The summed E-state index contributed by atoms with van der Waals surface area (Å²) in [6.07, 6.45) is 1.40. The van der Waals surface area contributed by atoms with E-state index in [2.05, 4.69) is 11.6 Å². The molecule has 0 saturated heterocycles. The number of nitrogens with zero attached hydrogens (tertiary/aromatic N) is 2. The SMILES string of the molecule is C=C(C)c1cccc(N=Cc2cc([N+](=O)[O-])ccc2O)c1. The fraction of sp³-hybridized carbons (Fsp3) is 0.0625. The number of rotatable bonds is 4. The summed E-state index contributed by atoms with van der Waals surface area (Å²) in [5.41, 5.74) is 2.77. The fourth-order valence-electron chi connectivity index (χ4n) is 1.75. The third-order valence-corrected chi connectivity index (χ3v) is 2.91. The van der Waals surface area contributed by atoms with E-state index < -0.39 is 4.92 Å². The first-order valence-corrected chi connectivity index (χ1v) is 6.25. The molecule has 5 heteroatoms. The zero-order valence-corrected chi connectivity index (χ0v) is 11.5. The van der Waals surface area contributed by atoms with Crippen LogP contribution in [0.25, 0.3) is 5.57 Å². The van der Waals surface area contributed by atoms with Gasteiger partial charge in [0.2, 0.25) is 0 Å². The van der Waals surface area contributed by atoms with Crippen LogP contribution in [0.2, 0.25) is 0 Å². The van der Waals surface area contributed by atoms with Gasteiger partial charge in [-0.1, -0.05) is 24.3 Å². The fourth-order valence-corrected chi connectivity index (χ4v) is 1.75. The monoisotopic (exact) mass is 282 g/mol. The predicted octanol–water partition coefficient (Wildman–Crippen LogP) is 4.08. The molecule has 2 rings (SSSR count). The molecule has 0 atom stereocenters. The first-order valence-electron chi connectivity index (χ1n) is 6.25. The van der Waals surface area contributed by atoms with E-state index in [1.54, 1.807) is 6.07 Å². The van der Waals surface area contributed by atoms with E-state index in [9.17, 15) is 15.2 Å². The molecular weight excluding hydrogens is 268 g/mol. The van der Waals surface area contributed by atoms with Gasteiger partial charge in [-0.25, -0.2) is 0 Å². The summed E-state index contributed by atoms with van der Waals surface area (Å²) in [7, 11) is 0. The highest BCUT2D eigenvalue weighted by Gasteiger charge is 2.08. The Morgan fingerprint density at radius 2 is 2.10 bits per heavy atom. The van der Waals surface area contributed by atoms with Gasteiger partial charge in [-0.2, -0.15) is 0 Å². The largest absolute Gasteiger partial charge is 0.507 e. The molecular formula is C16H14N2O3. The quantitative estimate of drug-likeness (QED) is 0.521. The number of phenolic OH excluding ortho intramolecular Hbond substituents is 1. The van der Waals surface area contributed by atoms with Crippen LogP contribution >= 0.6 is 0 Å². The Bertz CT molecular complexity index is 736. The number of allylic oxidation sites excluding steroid dienone is 1. The highest BCUT2D eigenvalue weighted by molar-refractivity contribution is 5.86. The molecule has 0 heterocycles. The summed E-state index contributed by atoms with van der Waals surface area (Å²) < 4.78 is 0. The lowest BCUT2D eigenvalue weighted by molar-refractivity contribution is -0.384. The molecule has 0 fully saturated rings. The van der Waals surface area contributed by atoms with Crippen molar-refractivity contribution in [2.75, 3.05) is 0 Å². The van der Waals surface area contributed by atoms with Crippen molar-refractivity contribution >= 4 is 23.2 Å². The molecule has 0 bridgehead atoms. The van der Waals surface area contributed by atoms with Crippen molar-refractivity contribution in [2.24, 2.45) is 4.99 Å². The highest BCUT2D eigenvalue weighted by atomic mass is 16.6. The molecule has 0 aliphatic heterocycles. The van der Waals surface area contributed by atoms with Crippen LogP contribution in [-0.2, 0) is 0 Å². The third-order valence-electron chi connectivity index (χ3n) is 2.91. The van der Waals surface area contributed by atoms with Crippen LogP contribution in [0, 0.1) is 10.1 Å². The molecule has 0 saturated carbocycles. The predicted molar refractivity (Wildman–Crippen MR) is 83.2 cm³/mol. The Morgan fingerprint density at radius 3 is 2.76 bits per heavy atom. The molecule has 0 radical (unpaired) electrons. The number of benzene rings is 2. The number of hydrogen-bond acceptors (Lipinski definition) is 4. The zero-order valence-electron chi connectivity index (χ0n) is 11.5. The summed E-state index contributed by atoms with van der Waals surface area (Å²) in [4.78, 5) is 14.4. The second-order valence-corrected chi connectivity index (χ2v) is 4.59. The van der Waals surface area contributed by atoms with Gasteiger partial charge in [-0.3, -0.25) is 15.1 Å². The Hall–Kier alpha value is -2.95. The molecule has 0 spiro atoms. The van der Waals surface area contributed by atoms with Gasteiger partial charge in [0, 0.05) is 23.9 Å². The Balaban J connectivity index is 2.33. The van der Waals surface area contributed by atoms with Crippen molar-refractivity contribution in [3.8, 4) is 5.75 Å². The van der Waals surface area contributed by atoms with E-state index in [0.29, 0.717) is 11.3 Å². The minimum absolute atomic E-state index is 0.0552. The first-order chi connectivity index (χ1) is 9.97. The lowest BCUT2D eigenvalue weighted by Gasteiger charge is -2.01. The average molecular weight is 282 g/mol. The standard InChI is InChI=1S/C16H14N2O3/c1-11(2)12-4-3-5-14(8-12)17-10-13-9-15(18(20)21)6-7-16(13)19/h3-10,19H,1H2,2H3. The number of aliphatic imine (C=N–C) groups is 1. The maximum Gasteiger partial charge on any atom is 0.270 e. The van der Waals surface area contributed by atoms with Crippen LogP contribution in [0.3, 0.4) is 0 Å². The minimum Gasteiger partial charge on any atom is -0.507 e. The number of nitro benzene ring substituents is 1. The Morgan fingerprint density at radius 1 is 1.33 bits per heavy atom. The van der Waals surface area contributed by atoms with Gasteiger partial charge >= 0.3 is 0 Å². The van der Waals surface area contributed by atoms with Crippen LogP contribution in [0.5, 0.6) is 5.75 Å². The second-order valence-electron chi connectivity index (χ2n) is 4.59. The first kappa shape index (κ1) is 14.5. The molecule has 106 valence electrons. The van der Waals surface area contributed by atoms with Crippen LogP contribution in [0.15, 0.2) is 54.0 Å². The average Bonchev–Trinajstić information content (AvgIpc) is 2.46. The molecule has 2 aromatic carbocycles. The van der Waals surface area contributed by atoms with Gasteiger partial charge in [0.1, 0.15) is 5.75 Å². The van der Waals surface area contributed by atoms with E-state index in [-0.39, 0.29) is 11.4 Å². The van der Waals surface area contributed by atoms with E-state index in [0.717, 1.165) is 11.1 Å². The molecule has 0 aliphatic rings. The molecule has 21 heavy (non-hydrogen) atoms.